The Labute approximate surface area is 184 Å². The van der Waals surface area contributed by atoms with Gasteiger partial charge in [0.15, 0.2) is 0 Å². The van der Waals surface area contributed by atoms with Crippen LogP contribution in [0.5, 0.6) is 0 Å². The molecule has 0 amide bonds. The van der Waals surface area contributed by atoms with E-state index in [0.29, 0.717) is 12.7 Å². The van der Waals surface area contributed by atoms with Crippen molar-refractivity contribution in [3.63, 3.8) is 0 Å². The van der Waals surface area contributed by atoms with Crippen molar-refractivity contribution in [2.24, 2.45) is 9.98 Å². The van der Waals surface area contributed by atoms with E-state index in [4.69, 9.17) is 30.4 Å². The Morgan fingerprint density at radius 1 is 0.517 bits per heavy atom. The van der Waals surface area contributed by atoms with Crippen molar-refractivity contribution in [2.75, 3.05) is 0 Å². The Hall–Kier alpha value is -2.45. The molecule has 29 heavy (non-hydrogen) atoms. The van der Waals surface area contributed by atoms with E-state index in [1.807, 2.05) is 60.7 Å². The SMILES string of the molecule is [Cl][Ni][Cl].c1ccc(N=C2C(=Nc3ccccc3)c3cccc4cccc2c34)cc1. The number of benzene rings is 4. The van der Waals surface area contributed by atoms with Crippen LogP contribution in [0.25, 0.3) is 10.8 Å². The largest absolute Gasteiger partial charge is 0.246 e. The smallest absolute Gasteiger partial charge is 0.0978 e. The number of rotatable bonds is 2. The zero-order chi connectivity index (χ0) is 20.1. The predicted molar refractivity (Wildman–Crippen MR) is 121 cm³/mol. The maximum Gasteiger partial charge on any atom is 0.0978 e. The quantitative estimate of drug-likeness (QED) is 0.276. The molecular weight excluding hydrogens is 446 g/mol. The normalized spacial score (nSPS) is 15.0. The van der Waals surface area contributed by atoms with Crippen LogP contribution >= 0.6 is 20.4 Å². The monoisotopic (exact) mass is 460 g/mol. The maximum atomic E-state index is 4.96. The standard InChI is InChI=1S/C24H16N2.2ClH.Ni/c1-3-11-18(12-4-1)25-23-20-15-7-9-17-10-8-16-21(22(17)20)24(23)26-19-13-5-2-6-14-19;;;/h1-16H;2*1H;/q;;;+2/p-2. The fourth-order valence-electron chi connectivity index (χ4n) is 3.48. The Morgan fingerprint density at radius 2 is 0.931 bits per heavy atom. The molecule has 146 valence electrons. The second kappa shape index (κ2) is 9.37. The number of aliphatic imine (C=N–C) groups is 2. The van der Waals surface area contributed by atoms with E-state index in [-0.39, 0.29) is 0 Å². The molecule has 4 aromatic carbocycles. The molecule has 4 aromatic rings. The van der Waals surface area contributed by atoms with Crippen LogP contribution in [-0.2, 0) is 12.7 Å². The van der Waals surface area contributed by atoms with Gasteiger partial charge in [0.05, 0.1) is 22.8 Å². The molecule has 2 nitrogen and oxygen atoms in total. The van der Waals surface area contributed by atoms with E-state index in [2.05, 4.69) is 36.4 Å². The van der Waals surface area contributed by atoms with Crippen LogP contribution in [0.4, 0.5) is 11.4 Å². The summed E-state index contributed by atoms with van der Waals surface area (Å²) >= 11 is 0.569. The van der Waals surface area contributed by atoms with Crippen LogP contribution in [0.15, 0.2) is 107 Å². The summed E-state index contributed by atoms with van der Waals surface area (Å²) in [6.45, 7) is 0. The topological polar surface area (TPSA) is 24.7 Å². The number of hydrogen-bond acceptors (Lipinski definition) is 2. The molecule has 1 aliphatic rings. The summed E-state index contributed by atoms with van der Waals surface area (Å²) in [6.07, 6.45) is 0. The van der Waals surface area contributed by atoms with Crippen molar-refractivity contribution < 1.29 is 12.7 Å². The summed E-state index contributed by atoms with van der Waals surface area (Å²) in [4.78, 5) is 9.92. The number of halogens is 2. The minimum atomic E-state index is 0.569. The minimum Gasteiger partial charge on any atom is -0.246 e. The van der Waals surface area contributed by atoms with Crippen LogP contribution in [-0.4, -0.2) is 11.4 Å². The summed E-state index contributed by atoms with van der Waals surface area (Å²) in [7, 11) is 9.40. The summed E-state index contributed by atoms with van der Waals surface area (Å²) in [5.41, 5.74) is 6.05. The van der Waals surface area contributed by atoms with E-state index >= 15 is 0 Å². The fraction of sp³-hybridized carbons (Fsp3) is 0. The molecule has 0 heterocycles. The number of para-hydroxylation sites is 2. The van der Waals surface area contributed by atoms with Crippen LogP contribution in [0, 0.1) is 0 Å². The second-order valence-electron chi connectivity index (χ2n) is 6.35. The summed E-state index contributed by atoms with van der Waals surface area (Å²) < 4.78 is 0. The van der Waals surface area contributed by atoms with Gasteiger partial charge >= 0.3 is 33.0 Å². The first kappa shape index (κ1) is 19.9. The first-order chi connectivity index (χ1) is 14.3. The first-order valence-electron chi connectivity index (χ1n) is 8.94. The zero-order valence-electron chi connectivity index (χ0n) is 15.2. The second-order valence-corrected chi connectivity index (χ2v) is 7.98. The molecular formula is C24H16Cl2N2Ni. The van der Waals surface area contributed by atoms with Crippen molar-refractivity contribution in [1.29, 1.82) is 0 Å². The van der Waals surface area contributed by atoms with E-state index in [0.717, 1.165) is 33.9 Å². The first-order valence-corrected chi connectivity index (χ1v) is 11.7. The van der Waals surface area contributed by atoms with Gasteiger partial charge in [-0.1, -0.05) is 72.8 Å². The molecule has 1 aliphatic carbocycles. The molecule has 0 saturated carbocycles. The van der Waals surface area contributed by atoms with Crippen molar-refractivity contribution >= 4 is 54.0 Å². The van der Waals surface area contributed by atoms with Gasteiger partial charge in [-0.2, -0.15) is 0 Å². The van der Waals surface area contributed by atoms with Gasteiger partial charge in [-0.25, -0.2) is 9.98 Å². The van der Waals surface area contributed by atoms with E-state index in [9.17, 15) is 0 Å². The van der Waals surface area contributed by atoms with E-state index in [1.54, 1.807) is 0 Å². The fourth-order valence-corrected chi connectivity index (χ4v) is 3.48. The zero-order valence-corrected chi connectivity index (χ0v) is 17.7. The van der Waals surface area contributed by atoms with Gasteiger partial charge in [-0.15, -0.1) is 0 Å². The molecule has 0 aliphatic heterocycles. The third kappa shape index (κ3) is 4.28. The molecule has 0 fully saturated rings. The Morgan fingerprint density at radius 3 is 1.34 bits per heavy atom. The minimum absolute atomic E-state index is 0.569. The van der Waals surface area contributed by atoms with Gasteiger partial charge in [0.25, 0.3) is 0 Å². The molecule has 0 saturated heterocycles. The Bertz CT molecular complexity index is 1100. The summed E-state index contributed by atoms with van der Waals surface area (Å²) in [5.74, 6) is 0. The van der Waals surface area contributed by atoms with Gasteiger partial charge in [0.2, 0.25) is 0 Å². The van der Waals surface area contributed by atoms with Crippen LogP contribution < -0.4 is 0 Å². The molecule has 0 unspecified atom stereocenters. The third-order valence-corrected chi connectivity index (χ3v) is 4.63. The van der Waals surface area contributed by atoms with Gasteiger partial charge in [-0.05, 0) is 29.7 Å². The van der Waals surface area contributed by atoms with Gasteiger partial charge in [0, 0.05) is 16.5 Å². The van der Waals surface area contributed by atoms with Crippen LogP contribution in [0.1, 0.15) is 11.1 Å². The average molecular weight is 462 g/mol. The van der Waals surface area contributed by atoms with Crippen molar-refractivity contribution in [1.82, 2.24) is 0 Å². The average Bonchev–Trinajstić information content (AvgIpc) is 3.05. The molecule has 5 rings (SSSR count). The predicted octanol–water partition coefficient (Wildman–Crippen LogP) is 7.47. The summed E-state index contributed by atoms with van der Waals surface area (Å²) in [6, 6.07) is 32.9. The van der Waals surface area contributed by atoms with Gasteiger partial charge < -0.3 is 0 Å². The molecule has 0 atom stereocenters. The molecule has 0 spiro atoms. The molecule has 0 radical (unpaired) electrons. The van der Waals surface area contributed by atoms with Gasteiger partial charge in [-0.3, -0.25) is 0 Å². The number of nitrogens with zero attached hydrogens (tertiary/aromatic N) is 2. The van der Waals surface area contributed by atoms with Crippen molar-refractivity contribution in [2.45, 2.75) is 0 Å². The van der Waals surface area contributed by atoms with Crippen molar-refractivity contribution in [3.05, 3.63) is 108 Å². The maximum absolute atomic E-state index is 4.96. The van der Waals surface area contributed by atoms with E-state index in [1.165, 1.54) is 10.8 Å². The number of hydrogen-bond donors (Lipinski definition) is 0. The van der Waals surface area contributed by atoms with Crippen LogP contribution in [0.3, 0.4) is 0 Å². The molecule has 0 N–H and O–H groups in total. The molecule has 0 bridgehead atoms. The van der Waals surface area contributed by atoms with Gasteiger partial charge in [0.1, 0.15) is 0 Å². The molecule has 0 aromatic heterocycles. The Kier molecular flexibility index (Phi) is 6.41. The molecule has 5 heteroatoms. The van der Waals surface area contributed by atoms with Crippen LogP contribution in [0.2, 0.25) is 0 Å². The Balaban J connectivity index is 0.000000645. The van der Waals surface area contributed by atoms with Crippen molar-refractivity contribution in [3.8, 4) is 0 Å². The van der Waals surface area contributed by atoms with E-state index < -0.39 is 0 Å². The third-order valence-electron chi connectivity index (χ3n) is 4.63. The summed E-state index contributed by atoms with van der Waals surface area (Å²) in [5, 5.41) is 2.46.